The Morgan fingerprint density at radius 1 is 0.581 bits per heavy atom. The molecule has 0 radical (unpaired) electrons. The molecule has 0 nitrogen and oxygen atoms in total. The van der Waals surface area contributed by atoms with Crippen molar-refractivity contribution in [1.29, 1.82) is 0 Å². The Balaban J connectivity index is 0.00000225. The van der Waals surface area contributed by atoms with Gasteiger partial charge < -0.3 is 37.2 Å². The third kappa shape index (κ3) is 5.69. The van der Waals surface area contributed by atoms with Crippen molar-refractivity contribution in [3.05, 3.63) is 137 Å². The van der Waals surface area contributed by atoms with Crippen molar-refractivity contribution in [2.75, 3.05) is 0 Å². The van der Waals surface area contributed by atoms with E-state index in [-0.39, 0.29) is 64.4 Å². The fourth-order valence-corrected chi connectivity index (χ4v) is 4.12. The summed E-state index contributed by atoms with van der Waals surface area (Å²) in [5, 5.41) is 0. The summed E-state index contributed by atoms with van der Waals surface area (Å²) in [4.78, 5) is 0. The van der Waals surface area contributed by atoms with Crippen LogP contribution in [0.15, 0.2) is 109 Å². The first-order valence-corrected chi connectivity index (χ1v) is 9.66. The van der Waals surface area contributed by atoms with Crippen LogP contribution in [-0.4, -0.2) is 0 Å². The zero-order valence-corrected chi connectivity index (χ0v) is 21.4. The molecule has 0 aliphatic heterocycles. The zero-order valence-electron chi connectivity index (χ0n) is 17.6. The standard InChI is InChI=1S/C27H25.3ClH.Ti/c1-21(2)22-18-19-26(20-22)27(23-12-6-3-7-13-23,24-14-8-4-9-15-24)25-16-10-5-11-17-25;;;;/h3-21H,1-2H3;3*1H;/q-1;;;;+4/p-3. The van der Waals surface area contributed by atoms with Gasteiger partial charge in [0.1, 0.15) is 0 Å². The summed E-state index contributed by atoms with van der Waals surface area (Å²) in [7, 11) is 0. The second kappa shape index (κ2) is 13.2. The average molecular weight is 504 g/mol. The van der Waals surface area contributed by atoms with Crippen LogP contribution < -0.4 is 37.2 Å². The van der Waals surface area contributed by atoms with Gasteiger partial charge in [-0.2, -0.15) is 17.7 Å². The molecule has 4 aromatic carbocycles. The topological polar surface area (TPSA) is 0 Å². The number of rotatable bonds is 5. The van der Waals surface area contributed by atoms with Gasteiger partial charge in [0.15, 0.2) is 0 Å². The second-order valence-electron chi connectivity index (χ2n) is 7.44. The molecule has 0 amide bonds. The van der Waals surface area contributed by atoms with E-state index in [0.29, 0.717) is 5.92 Å². The summed E-state index contributed by atoms with van der Waals surface area (Å²) in [6.45, 7) is 4.52. The largest absolute Gasteiger partial charge is 4.00 e. The van der Waals surface area contributed by atoms with Crippen LogP contribution in [0.3, 0.4) is 0 Å². The van der Waals surface area contributed by atoms with Crippen molar-refractivity contribution >= 4 is 0 Å². The maximum Gasteiger partial charge on any atom is 4.00 e. The van der Waals surface area contributed by atoms with Gasteiger partial charge in [-0.15, -0.1) is 5.56 Å². The molecule has 0 unspecified atom stereocenters. The molecular formula is C27H25Cl3Ti. The molecule has 0 atom stereocenters. The monoisotopic (exact) mass is 502 g/mol. The normalized spacial score (nSPS) is 10.2. The number of benzene rings is 3. The summed E-state index contributed by atoms with van der Waals surface area (Å²) in [6.07, 6.45) is 0. The minimum atomic E-state index is -0.322. The maximum atomic E-state index is 2.39. The number of hydrogen-bond donors (Lipinski definition) is 0. The van der Waals surface area contributed by atoms with Crippen LogP contribution in [0.5, 0.6) is 0 Å². The van der Waals surface area contributed by atoms with Gasteiger partial charge in [0, 0.05) is 5.41 Å². The average Bonchev–Trinajstić information content (AvgIpc) is 3.22. The molecule has 0 saturated heterocycles. The predicted octanol–water partition coefficient (Wildman–Crippen LogP) is -2.08. The molecule has 158 valence electrons. The van der Waals surface area contributed by atoms with Crippen LogP contribution in [0.25, 0.3) is 0 Å². The first-order valence-electron chi connectivity index (χ1n) is 9.66. The van der Waals surface area contributed by atoms with Crippen LogP contribution in [0.1, 0.15) is 47.6 Å². The smallest absolute Gasteiger partial charge is 1.00 e. The number of hydrogen-bond acceptors (Lipinski definition) is 0. The Kier molecular flexibility index (Phi) is 12.6. The number of halogens is 3. The SMILES string of the molecule is CC(C)c1cc[c-](C(c2ccccc2)(c2ccccc2)c2ccccc2)c1.[Cl-].[Cl-].[Cl-].[Ti+4]. The molecule has 0 heterocycles. The Hall–Kier alpha value is -1.41. The third-order valence-electron chi connectivity index (χ3n) is 5.50. The Bertz CT molecular complexity index is 900. The first-order chi connectivity index (χ1) is 13.2. The van der Waals surface area contributed by atoms with Crippen LogP contribution >= 0.6 is 0 Å². The van der Waals surface area contributed by atoms with E-state index in [9.17, 15) is 0 Å². The van der Waals surface area contributed by atoms with Gasteiger partial charge in [-0.25, -0.2) is 6.07 Å². The molecule has 4 aromatic rings. The quantitative estimate of drug-likeness (QED) is 0.167. The molecule has 0 spiro atoms. The van der Waals surface area contributed by atoms with Gasteiger partial charge in [-0.05, 0) is 16.7 Å². The molecule has 0 aliphatic rings. The van der Waals surface area contributed by atoms with Crippen molar-refractivity contribution in [1.82, 2.24) is 0 Å². The molecule has 0 aliphatic carbocycles. The van der Waals surface area contributed by atoms with Gasteiger partial charge in [-0.3, -0.25) is 0 Å². The minimum absolute atomic E-state index is 0. The second-order valence-corrected chi connectivity index (χ2v) is 7.44. The molecule has 0 saturated carbocycles. The summed E-state index contributed by atoms with van der Waals surface area (Å²) in [6, 6.07) is 39.6. The molecule has 4 rings (SSSR count). The molecular weight excluding hydrogens is 479 g/mol. The van der Waals surface area contributed by atoms with E-state index in [1.54, 1.807) is 0 Å². The van der Waals surface area contributed by atoms with Gasteiger partial charge >= 0.3 is 21.7 Å². The van der Waals surface area contributed by atoms with Crippen molar-refractivity contribution < 1.29 is 58.9 Å². The maximum absolute atomic E-state index is 2.39. The van der Waals surface area contributed by atoms with E-state index >= 15 is 0 Å². The molecule has 0 N–H and O–H groups in total. The third-order valence-corrected chi connectivity index (χ3v) is 5.50. The van der Waals surface area contributed by atoms with Crippen LogP contribution in [0, 0.1) is 0 Å². The predicted molar refractivity (Wildman–Crippen MR) is 114 cm³/mol. The zero-order chi connectivity index (χ0) is 18.7. The molecule has 0 fully saturated rings. The van der Waals surface area contributed by atoms with E-state index in [1.807, 2.05) is 0 Å². The van der Waals surface area contributed by atoms with Crippen molar-refractivity contribution in [3.8, 4) is 0 Å². The van der Waals surface area contributed by atoms with Gasteiger partial charge in [0.05, 0.1) is 0 Å². The summed E-state index contributed by atoms with van der Waals surface area (Å²) < 4.78 is 0. The minimum Gasteiger partial charge on any atom is -1.00 e. The fraction of sp³-hybridized carbons (Fsp3) is 0.148. The van der Waals surface area contributed by atoms with Crippen molar-refractivity contribution in [3.63, 3.8) is 0 Å². The van der Waals surface area contributed by atoms with E-state index in [0.717, 1.165) is 0 Å². The summed E-state index contributed by atoms with van der Waals surface area (Å²) in [5.41, 5.74) is 6.28. The van der Waals surface area contributed by atoms with Crippen LogP contribution in [0.4, 0.5) is 0 Å². The van der Waals surface area contributed by atoms with E-state index in [2.05, 4.69) is 123 Å². The van der Waals surface area contributed by atoms with E-state index < -0.39 is 0 Å². The van der Waals surface area contributed by atoms with Crippen molar-refractivity contribution in [2.24, 2.45) is 0 Å². The first kappa shape index (κ1) is 29.6. The Labute approximate surface area is 220 Å². The van der Waals surface area contributed by atoms with Crippen LogP contribution in [-0.2, 0) is 27.1 Å². The molecule has 0 bridgehead atoms. The molecule has 0 aromatic heterocycles. The van der Waals surface area contributed by atoms with Gasteiger partial charge in [0.2, 0.25) is 0 Å². The summed E-state index contributed by atoms with van der Waals surface area (Å²) in [5.74, 6) is 0.513. The molecule has 4 heteroatoms. The van der Waals surface area contributed by atoms with Gasteiger partial charge in [0.25, 0.3) is 0 Å². The summed E-state index contributed by atoms with van der Waals surface area (Å²) >= 11 is 0. The Morgan fingerprint density at radius 2 is 0.935 bits per heavy atom. The van der Waals surface area contributed by atoms with Crippen molar-refractivity contribution in [2.45, 2.75) is 25.2 Å². The Morgan fingerprint density at radius 3 is 1.23 bits per heavy atom. The molecule has 31 heavy (non-hydrogen) atoms. The fourth-order valence-electron chi connectivity index (χ4n) is 4.12. The van der Waals surface area contributed by atoms with Crippen LogP contribution in [0.2, 0.25) is 0 Å². The van der Waals surface area contributed by atoms with Gasteiger partial charge in [-0.1, -0.05) is 111 Å². The van der Waals surface area contributed by atoms with E-state index in [1.165, 1.54) is 27.8 Å². The van der Waals surface area contributed by atoms with E-state index in [4.69, 9.17) is 0 Å².